The van der Waals surface area contributed by atoms with E-state index in [1.54, 1.807) is 61.5 Å². The molecule has 0 bridgehead atoms. The van der Waals surface area contributed by atoms with Crippen LogP contribution in [0.5, 0.6) is 17.2 Å². The number of hydrogen-bond donors (Lipinski definition) is 2. The number of methoxy groups -OCH3 is 1. The lowest BCUT2D eigenvalue weighted by atomic mass is 9.96. The van der Waals surface area contributed by atoms with Gasteiger partial charge < -0.3 is 24.4 Å². The van der Waals surface area contributed by atoms with E-state index in [1.807, 2.05) is 32.0 Å². The molecular formula is C42H53ClN4O7S. The van der Waals surface area contributed by atoms with E-state index in [4.69, 9.17) is 14.2 Å². The van der Waals surface area contributed by atoms with Crippen LogP contribution in [0, 0.1) is 0 Å². The highest BCUT2D eigenvalue weighted by atomic mass is 35.5. The molecular weight excluding hydrogens is 740 g/mol. The lowest BCUT2D eigenvalue weighted by Crippen LogP contribution is -2.50. The Hall–Kier alpha value is -4.36. The Kier molecular flexibility index (Phi) is 13.7. The van der Waals surface area contributed by atoms with Crippen molar-refractivity contribution < 1.29 is 32.2 Å². The number of hydrogen-bond acceptors (Lipinski definition) is 8. The predicted octanol–water partition coefficient (Wildman–Crippen LogP) is 6.77. The first-order valence-electron chi connectivity index (χ1n) is 18.7. The van der Waals surface area contributed by atoms with E-state index >= 15 is 0 Å². The fraction of sp³-hybridized carbons (Fsp3) is 0.429. The third kappa shape index (κ3) is 10.1. The predicted molar refractivity (Wildman–Crippen MR) is 216 cm³/mol. The van der Waals surface area contributed by atoms with Gasteiger partial charge in [0.1, 0.15) is 11.8 Å². The van der Waals surface area contributed by atoms with Crippen LogP contribution in [-0.2, 0) is 32.6 Å². The normalized spacial score (nSPS) is 18.0. The molecule has 0 aromatic heterocycles. The van der Waals surface area contributed by atoms with Crippen molar-refractivity contribution in [2.24, 2.45) is 0 Å². The zero-order valence-electron chi connectivity index (χ0n) is 32.4. The van der Waals surface area contributed by atoms with Gasteiger partial charge in [0.25, 0.3) is 0 Å². The second kappa shape index (κ2) is 18.1. The van der Waals surface area contributed by atoms with Crippen LogP contribution in [0.25, 0.3) is 10.8 Å². The highest BCUT2D eigenvalue weighted by Gasteiger charge is 2.30. The third-order valence-corrected chi connectivity index (χ3v) is 12.2. The average molecular weight is 793 g/mol. The Labute approximate surface area is 331 Å². The number of piperidine rings is 1. The molecule has 2 aliphatic rings. The molecule has 4 aromatic rings. The summed E-state index contributed by atoms with van der Waals surface area (Å²) in [5.74, 6) is 0.937. The molecule has 4 aromatic carbocycles. The Morgan fingerprint density at radius 3 is 2.24 bits per heavy atom. The van der Waals surface area contributed by atoms with Gasteiger partial charge in [-0.3, -0.25) is 14.5 Å². The standard InChI is InChI=1S/C42H52N4O7S.ClH/c1-27(2)45(5)42(48)38(20-30-10-12-31(13-11-30)25-46-28(3)8-7-9-29(46)4)43-41(47)24-37(34-16-19-39-40(23-34)53-26-52-39)44-54(49,50)36-18-15-32-21-35(51-6)17-14-33(32)22-36;/h10-19,21-23,27-29,37-38,44H,7-9,20,24-26H2,1-6H3,(H,43,47);1H/t28-,29+,37?,38?;. The Morgan fingerprint density at radius 2 is 1.55 bits per heavy atom. The number of likely N-dealkylation sites (tertiary alicyclic amines) is 1. The lowest BCUT2D eigenvalue weighted by molar-refractivity contribution is -0.136. The molecule has 1 saturated heterocycles. The van der Waals surface area contributed by atoms with Crippen LogP contribution in [0.3, 0.4) is 0 Å². The first-order valence-corrected chi connectivity index (χ1v) is 20.2. The smallest absolute Gasteiger partial charge is 0.245 e. The SMILES string of the molecule is COc1ccc2cc(S(=O)(=O)NC(CC(=O)NC(Cc3ccc(CN4[C@H](C)CCC[C@@H]4C)cc3)C(=O)N(C)C(C)C)c3ccc4c(c3)OCO4)ccc2c1.Cl. The number of benzene rings is 4. The van der Waals surface area contributed by atoms with Crippen molar-refractivity contribution in [2.45, 2.75) is 101 Å². The monoisotopic (exact) mass is 792 g/mol. The second-order valence-electron chi connectivity index (χ2n) is 14.9. The minimum Gasteiger partial charge on any atom is -0.497 e. The van der Waals surface area contributed by atoms with E-state index in [0.717, 1.165) is 22.9 Å². The molecule has 11 nitrogen and oxygen atoms in total. The van der Waals surface area contributed by atoms with Crippen molar-refractivity contribution in [3.8, 4) is 17.2 Å². The van der Waals surface area contributed by atoms with Gasteiger partial charge >= 0.3 is 0 Å². The summed E-state index contributed by atoms with van der Waals surface area (Å²) in [5.41, 5.74) is 2.63. The van der Waals surface area contributed by atoms with Crippen molar-refractivity contribution in [3.05, 3.63) is 95.6 Å². The van der Waals surface area contributed by atoms with Crippen molar-refractivity contribution in [2.75, 3.05) is 21.0 Å². The van der Waals surface area contributed by atoms with Crippen LogP contribution in [0.1, 0.15) is 76.1 Å². The number of amides is 2. The maximum absolute atomic E-state index is 14.0. The van der Waals surface area contributed by atoms with E-state index in [0.29, 0.717) is 34.9 Å². The van der Waals surface area contributed by atoms with Gasteiger partial charge in [-0.25, -0.2) is 13.1 Å². The molecule has 2 aliphatic heterocycles. The quantitative estimate of drug-likeness (QED) is 0.144. The summed E-state index contributed by atoms with van der Waals surface area (Å²) in [6.07, 6.45) is 3.66. The van der Waals surface area contributed by atoms with Crippen molar-refractivity contribution in [1.82, 2.24) is 19.8 Å². The molecule has 55 heavy (non-hydrogen) atoms. The first-order chi connectivity index (χ1) is 25.8. The molecule has 0 saturated carbocycles. The summed E-state index contributed by atoms with van der Waals surface area (Å²) in [6, 6.07) is 22.7. The summed E-state index contributed by atoms with van der Waals surface area (Å²) in [4.78, 5) is 32.0. The second-order valence-corrected chi connectivity index (χ2v) is 16.6. The Bertz CT molecular complexity index is 2070. The molecule has 2 amide bonds. The minimum absolute atomic E-state index is 0. The van der Waals surface area contributed by atoms with Gasteiger partial charge in [0.2, 0.25) is 28.6 Å². The average Bonchev–Trinajstić information content (AvgIpc) is 3.63. The number of sulfonamides is 1. The van der Waals surface area contributed by atoms with Crippen LogP contribution in [0.4, 0.5) is 0 Å². The van der Waals surface area contributed by atoms with Crippen LogP contribution < -0.4 is 24.2 Å². The number of nitrogens with one attached hydrogen (secondary N) is 2. The highest BCUT2D eigenvalue weighted by Crippen LogP contribution is 2.35. The van der Waals surface area contributed by atoms with E-state index in [1.165, 1.54) is 30.9 Å². The number of fused-ring (bicyclic) bond motifs is 2. The van der Waals surface area contributed by atoms with E-state index in [2.05, 4.69) is 40.9 Å². The van der Waals surface area contributed by atoms with Crippen molar-refractivity contribution in [3.63, 3.8) is 0 Å². The maximum atomic E-state index is 14.0. The van der Waals surface area contributed by atoms with E-state index in [9.17, 15) is 18.0 Å². The van der Waals surface area contributed by atoms with Crippen LogP contribution in [-0.4, -0.2) is 75.1 Å². The van der Waals surface area contributed by atoms with Gasteiger partial charge in [0.15, 0.2) is 11.5 Å². The minimum atomic E-state index is -4.13. The molecule has 2 heterocycles. The van der Waals surface area contributed by atoms with Crippen LogP contribution in [0.2, 0.25) is 0 Å². The van der Waals surface area contributed by atoms with Crippen molar-refractivity contribution in [1.29, 1.82) is 0 Å². The summed E-state index contributed by atoms with van der Waals surface area (Å²) in [7, 11) is -0.830. The first kappa shape index (κ1) is 41.8. The number of carbonyl (C=O) groups is 2. The van der Waals surface area contributed by atoms with Gasteiger partial charge in [0.05, 0.1) is 18.0 Å². The van der Waals surface area contributed by atoms with Gasteiger partial charge in [-0.05, 0) is 104 Å². The number of ether oxygens (including phenoxy) is 3. The third-order valence-electron chi connectivity index (χ3n) is 10.8. The lowest BCUT2D eigenvalue weighted by Gasteiger charge is -2.39. The largest absolute Gasteiger partial charge is 0.497 e. The zero-order chi connectivity index (χ0) is 38.6. The molecule has 2 unspecified atom stereocenters. The summed E-state index contributed by atoms with van der Waals surface area (Å²) in [5, 5.41) is 4.51. The van der Waals surface area contributed by atoms with Crippen molar-refractivity contribution >= 4 is 45.0 Å². The molecule has 2 N–H and O–H groups in total. The van der Waals surface area contributed by atoms with Gasteiger partial charge in [-0.15, -0.1) is 12.4 Å². The zero-order valence-corrected chi connectivity index (χ0v) is 34.0. The highest BCUT2D eigenvalue weighted by molar-refractivity contribution is 7.89. The molecule has 6 rings (SSSR count). The molecule has 0 radical (unpaired) electrons. The topological polar surface area (TPSA) is 127 Å². The number of likely N-dealkylation sites (N-methyl/N-ethyl adjacent to an activating group) is 1. The molecule has 13 heteroatoms. The van der Waals surface area contributed by atoms with E-state index in [-0.39, 0.29) is 48.9 Å². The summed E-state index contributed by atoms with van der Waals surface area (Å²) in [6.45, 7) is 9.32. The number of carbonyl (C=O) groups excluding carboxylic acids is 2. The van der Waals surface area contributed by atoms with Gasteiger partial charge in [0, 0.05) is 44.6 Å². The van der Waals surface area contributed by atoms with E-state index < -0.39 is 28.0 Å². The summed E-state index contributed by atoms with van der Waals surface area (Å²) < 4.78 is 47.0. The molecule has 0 spiro atoms. The molecule has 0 aliphatic carbocycles. The number of nitrogens with zero attached hydrogens (tertiary/aromatic N) is 2. The Morgan fingerprint density at radius 1 is 0.891 bits per heavy atom. The fourth-order valence-corrected chi connectivity index (χ4v) is 8.52. The number of halogens is 1. The number of rotatable bonds is 14. The fourth-order valence-electron chi connectivity index (χ4n) is 7.26. The summed E-state index contributed by atoms with van der Waals surface area (Å²) >= 11 is 0. The van der Waals surface area contributed by atoms with Gasteiger partial charge in [-0.2, -0.15) is 0 Å². The molecule has 4 atom stereocenters. The van der Waals surface area contributed by atoms with Crippen LogP contribution >= 0.6 is 12.4 Å². The Balaban J connectivity index is 0.00000580. The molecule has 296 valence electrons. The molecule has 1 fully saturated rings. The van der Waals surface area contributed by atoms with Crippen LogP contribution in [0.15, 0.2) is 83.8 Å². The maximum Gasteiger partial charge on any atom is 0.245 e. The van der Waals surface area contributed by atoms with Gasteiger partial charge in [-0.1, -0.05) is 48.9 Å².